The van der Waals surface area contributed by atoms with Crippen LogP contribution in [0.4, 0.5) is 11.5 Å². The molecule has 0 aliphatic rings. The minimum absolute atomic E-state index is 0.869. The molecule has 0 spiro atoms. The Morgan fingerprint density at radius 3 is 2.44 bits per heavy atom. The standard InChI is InChI=1S/C12H12IN3/c1-8-9(2)14-7-15-12(8)16-11-5-3-10(13)4-6-11/h3-7H,1-2H3,(H,14,15,16). The van der Waals surface area contributed by atoms with Crippen LogP contribution in [0.25, 0.3) is 0 Å². The SMILES string of the molecule is Cc1ncnc(Nc2ccc(I)cc2)c1C. The van der Waals surface area contributed by atoms with Crippen LogP contribution in [0.5, 0.6) is 0 Å². The summed E-state index contributed by atoms with van der Waals surface area (Å²) in [6, 6.07) is 8.20. The molecule has 1 heterocycles. The highest BCUT2D eigenvalue weighted by atomic mass is 127. The quantitative estimate of drug-likeness (QED) is 0.860. The van der Waals surface area contributed by atoms with Gasteiger partial charge in [-0.3, -0.25) is 0 Å². The van der Waals surface area contributed by atoms with E-state index in [1.165, 1.54) is 3.57 Å². The van der Waals surface area contributed by atoms with Gasteiger partial charge in [-0.15, -0.1) is 0 Å². The fourth-order valence-corrected chi connectivity index (χ4v) is 1.69. The second-order valence-corrected chi connectivity index (χ2v) is 4.81. The van der Waals surface area contributed by atoms with Gasteiger partial charge in [0.1, 0.15) is 12.1 Å². The van der Waals surface area contributed by atoms with Crippen molar-refractivity contribution in [2.45, 2.75) is 13.8 Å². The van der Waals surface area contributed by atoms with E-state index in [2.05, 4.69) is 50.0 Å². The molecule has 2 rings (SSSR count). The van der Waals surface area contributed by atoms with Crippen molar-refractivity contribution in [3.63, 3.8) is 0 Å². The fourth-order valence-electron chi connectivity index (χ4n) is 1.33. The monoisotopic (exact) mass is 325 g/mol. The second-order valence-electron chi connectivity index (χ2n) is 3.56. The molecule has 0 aliphatic heterocycles. The summed E-state index contributed by atoms with van der Waals surface area (Å²) in [5.74, 6) is 0.869. The first kappa shape index (κ1) is 11.3. The van der Waals surface area contributed by atoms with Gasteiger partial charge in [0.25, 0.3) is 0 Å². The van der Waals surface area contributed by atoms with E-state index in [-0.39, 0.29) is 0 Å². The molecule has 0 bridgehead atoms. The lowest BCUT2D eigenvalue weighted by Crippen LogP contribution is -1.99. The van der Waals surface area contributed by atoms with E-state index < -0.39 is 0 Å². The highest BCUT2D eigenvalue weighted by Gasteiger charge is 2.03. The first-order valence-electron chi connectivity index (χ1n) is 4.97. The Kier molecular flexibility index (Phi) is 3.38. The lowest BCUT2D eigenvalue weighted by molar-refractivity contribution is 1.06. The van der Waals surface area contributed by atoms with Gasteiger partial charge in [0.2, 0.25) is 0 Å². The Balaban J connectivity index is 2.27. The number of aryl methyl sites for hydroxylation is 1. The van der Waals surface area contributed by atoms with Crippen molar-refractivity contribution in [2.75, 3.05) is 5.32 Å². The molecule has 1 aromatic heterocycles. The smallest absolute Gasteiger partial charge is 0.136 e. The number of aromatic nitrogens is 2. The molecule has 1 N–H and O–H groups in total. The summed E-state index contributed by atoms with van der Waals surface area (Å²) in [6.07, 6.45) is 1.58. The second kappa shape index (κ2) is 4.78. The van der Waals surface area contributed by atoms with Gasteiger partial charge in [0.15, 0.2) is 0 Å². The summed E-state index contributed by atoms with van der Waals surface area (Å²) in [5.41, 5.74) is 3.13. The Labute approximate surface area is 108 Å². The summed E-state index contributed by atoms with van der Waals surface area (Å²) in [6.45, 7) is 4.00. The molecular weight excluding hydrogens is 313 g/mol. The first-order valence-corrected chi connectivity index (χ1v) is 6.05. The van der Waals surface area contributed by atoms with Gasteiger partial charge < -0.3 is 5.32 Å². The highest BCUT2D eigenvalue weighted by Crippen LogP contribution is 2.19. The average Bonchev–Trinajstić information content (AvgIpc) is 2.28. The van der Waals surface area contributed by atoms with E-state index in [1.54, 1.807) is 6.33 Å². The van der Waals surface area contributed by atoms with Crippen LogP contribution in [0.2, 0.25) is 0 Å². The normalized spacial score (nSPS) is 10.2. The van der Waals surface area contributed by atoms with Crippen LogP contribution in [-0.4, -0.2) is 9.97 Å². The molecule has 0 fully saturated rings. The molecule has 0 amide bonds. The molecule has 82 valence electrons. The lowest BCUT2D eigenvalue weighted by atomic mass is 10.2. The van der Waals surface area contributed by atoms with Crippen molar-refractivity contribution in [1.29, 1.82) is 0 Å². The average molecular weight is 325 g/mol. The Morgan fingerprint density at radius 2 is 1.75 bits per heavy atom. The molecular formula is C12H12IN3. The van der Waals surface area contributed by atoms with E-state index in [1.807, 2.05) is 26.0 Å². The molecule has 1 aromatic carbocycles. The van der Waals surface area contributed by atoms with Crippen molar-refractivity contribution in [3.05, 3.63) is 45.4 Å². The van der Waals surface area contributed by atoms with Crippen LogP contribution in [0.15, 0.2) is 30.6 Å². The van der Waals surface area contributed by atoms with Gasteiger partial charge in [-0.05, 0) is 60.7 Å². The van der Waals surface area contributed by atoms with Crippen LogP contribution in [0, 0.1) is 17.4 Å². The van der Waals surface area contributed by atoms with Gasteiger partial charge in [-0.1, -0.05) is 0 Å². The molecule has 16 heavy (non-hydrogen) atoms. The van der Waals surface area contributed by atoms with E-state index in [0.717, 1.165) is 22.8 Å². The van der Waals surface area contributed by atoms with Gasteiger partial charge in [-0.2, -0.15) is 0 Å². The first-order chi connectivity index (χ1) is 7.66. The largest absolute Gasteiger partial charge is 0.340 e. The van der Waals surface area contributed by atoms with Gasteiger partial charge >= 0.3 is 0 Å². The number of hydrogen-bond donors (Lipinski definition) is 1. The van der Waals surface area contributed by atoms with E-state index in [0.29, 0.717) is 0 Å². The van der Waals surface area contributed by atoms with Crippen molar-refractivity contribution in [1.82, 2.24) is 9.97 Å². The van der Waals surface area contributed by atoms with Crippen LogP contribution >= 0.6 is 22.6 Å². The lowest BCUT2D eigenvalue weighted by Gasteiger charge is -2.09. The zero-order chi connectivity index (χ0) is 11.5. The Hall–Kier alpha value is -1.17. The third kappa shape index (κ3) is 2.49. The number of rotatable bonds is 2. The highest BCUT2D eigenvalue weighted by molar-refractivity contribution is 14.1. The van der Waals surface area contributed by atoms with Crippen LogP contribution < -0.4 is 5.32 Å². The zero-order valence-electron chi connectivity index (χ0n) is 9.16. The Morgan fingerprint density at radius 1 is 1.06 bits per heavy atom. The minimum atomic E-state index is 0.869. The maximum Gasteiger partial charge on any atom is 0.136 e. The van der Waals surface area contributed by atoms with Gasteiger partial charge in [-0.25, -0.2) is 9.97 Å². The minimum Gasteiger partial charge on any atom is -0.340 e. The maximum absolute atomic E-state index is 4.23. The fraction of sp³-hybridized carbons (Fsp3) is 0.167. The molecule has 0 unspecified atom stereocenters. The predicted molar refractivity (Wildman–Crippen MR) is 73.9 cm³/mol. The summed E-state index contributed by atoms with van der Waals surface area (Å²) >= 11 is 2.29. The van der Waals surface area contributed by atoms with Crippen LogP contribution in [0.1, 0.15) is 11.3 Å². The van der Waals surface area contributed by atoms with Crippen molar-refractivity contribution in [2.24, 2.45) is 0 Å². The number of nitrogens with one attached hydrogen (secondary N) is 1. The molecule has 0 radical (unpaired) electrons. The van der Waals surface area contributed by atoms with Crippen LogP contribution in [0.3, 0.4) is 0 Å². The molecule has 0 saturated carbocycles. The number of anilines is 2. The number of nitrogens with zero attached hydrogens (tertiary/aromatic N) is 2. The molecule has 0 atom stereocenters. The number of halogens is 1. The maximum atomic E-state index is 4.23. The molecule has 3 nitrogen and oxygen atoms in total. The topological polar surface area (TPSA) is 37.8 Å². The predicted octanol–water partition coefficient (Wildman–Crippen LogP) is 3.44. The zero-order valence-corrected chi connectivity index (χ0v) is 11.3. The summed E-state index contributed by atoms with van der Waals surface area (Å²) < 4.78 is 1.22. The molecule has 2 aromatic rings. The van der Waals surface area contributed by atoms with E-state index >= 15 is 0 Å². The summed E-state index contributed by atoms with van der Waals surface area (Å²) in [7, 11) is 0. The molecule has 0 saturated heterocycles. The summed E-state index contributed by atoms with van der Waals surface area (Å²) in [4.78, 5) is 8.38. The third-order valence-electron chi connectivity index (χ3n) is 2.44. The summed E-state index contributed by atoms with van der Waals surface area (Å²) in [5, 5.41) is 3.29. The molecule has 4 heteroatoms. The molecule has 0 aliphatic carbocycles. The number of benzene rings is 1. The van der Waals surface area contributed by atoms with Crippen molar-refractivity contribution < 1.29 is 0 Å². The van der Waals surface area contributed by atoms with Crippen molar-refractivity contribution >= 4 is 34.1 Å². The van der Waals surface area contributed by atoms with Gasteiger partial charge in [0, 0.05) is 20.5 Å². The third-order valence-corrected chi connectivity index (χ3v) is 3.16. The van der Waals surface area contributed by atoms with E-state index in [9.17, 15) is 0 Å². The van der Waals surface area contributed by atoms with Crippen molar-refractivity contribution in [3.8, 4) is 0 Å². The van der Waals surface area contributed by atoms with Crippen LogP contribution in [-0.2, 0) is 0 Å². The van der Waals surface area contributed by atoms with Gasteiger partial charge in [0.05, 0.1) is 0 Å². The Bertz CT molecular complexity index is 494. The number of hydrogen-bond acceptors (Lipinski definition) is 3. The van der Waals surface area contributed by atoms with E-state index in [4.69, 9.17) is 0 Å².